The topological polar surface area (TPSA) is 0 Å². The molecule has 0 aromatic rings. The van der Waals surface area contributed by atoms with Gasteiger partial charge in [-0.25, -0.2) is 0 Å². The minimum atomic E-state index is 0. The second-order valence-electron chi connectivity index (χ2n) is 11.7. The van der Waals surface area contributed by atoms with Crippen LogP contribution in [0.15, 0.2) is 12.2 Å². The molecule has 0 rings (SSSR count). The second-order valence-corrected chi connectivity index (χ2v) is 11.7. The smallest absolute Gasteiger partial charge is 0 e. The molecule has 0 N–H and O–H groups in total. The van der Waals surface area contributed by atoms with E-state index in [9.17, 15) is 0 Å². The van der Waals surface area contributed by atoms with Crippen LogP contribution in [-0.2, 0) is 369 Å². The van der Waals surface area contributed by atoms with Gasteiger partial charge in [0.2, 0.25) is 0 Å². The molecule has 0 aliphatic carbocycles. The first kappa shape index (κ1) is 106. The van der Waals surface area contributed by atoms with Gasteiger partial charge in [-0.2, -0.15) is 36.5 Å². The number of rotatable bonds is 10. The third-order valence-corrected chi connectivity index (χ3v) is 3.68. The van der Waals surface area contributed by atoms with Crippen LogP contribution in [-0.4, -0.2) is 0 Å². The number of hydrogen-bond donors (Lipinski definition) is 0. The van der Waals surface area contributed by atoms with Crippen molar-refractivity contribution in [2.45, 2.75) is 124 Å². The Kier molecular flexibility index (Phi) is 199. The van der Waals surface area contributed by atoms with Gasteiger partial charge in [0.05, 0.1) is 0 Å². The Balaban J connectivity index is -0.0000000156. The average molecular weight is 1710 g/mol. The summed E-state index contributed by atoms with van der Waals surface area (Å²) in [6.45, 7) is 35.1. The van der Waals surface area contributed by atoms with Gasteiger partial charge in [0, 0.05) is 369 Å². The van der Waals surface area contributed by atoms with Gasteiger partial charge in [-0.05, 0) is 0 Å². The van der Waals surface area contributed by atoms with Gasteiger partial charge in [-0.1, -0.05) is 134 Å². The maximum atomic E-state index is 3.22. The van der Waals surface area contributed by atoms with Gasteiger partial charge in [0.25, 0.3) is 0 Å². The Morgan fingerprint density at radius 1 is 0.386 bits per heavy atom. The van der Waals surface area contributed by atoms with E-state index in [-0.39, 0.29) is 369 Å². The molecule has 0 unspecified atom stereocenters. The molecule has 0 fully saturated rings. The molecular weight excluding hydrogens is 1640 g/mol. The van der Waals surface area contributed by atoms with E-state index in [4.69, 9.17) is 0 Å². The summed E-state index contributed by atoms with van der Waals surface area (Å²) in [6, 6.07) is 0. The van der Waals surface area contributed by atoms with E-state index in [1.54, 1.807) is 0 Å². The summed E-state index contributed by atoms with van der Waals surface area (Å²) in [4.78, 5) is 0. The van der Waals surface area contributed by atoms with Gasteiger partial charge in [0.1, 0.15) is 0 Å². The predicted octanol–water partition coefficient (Wildman–Crippen LogP) is 11.1. The molecule has 0 heterocycles. The van der Waals surface area contributed by atoms with Crippen molar-refractivity contribution < 1.29 is 369 Å². The molecule has 0 aliphatic heterocycles. The van der Waals surface area contributed by atoms with Crippen molar-refractivity contribution in [1.82, 2.24) is 0 Å². The normalized spacial score (nSPS) is 8.55. The molecule has 238 valence electrons. The Labute approximate surface area is 562 Å². The first-order valence-corrected chi connectivity index (χ1v) is 13.4. The molecule has 10 radical (unpaired) electrons. The van der Waals surface area contributed by atoms with Crippen molar-refractivity contribution in [3.8, 4) is 0 Å². The van der Waals surface area contributed by atoms with Crippen molar-refractivity contribution in [2.75, 3.05) is 0 Å². The molecule has 0 amide bonds. The first-order chi connectivity index (χ1) is 14.5. The number of allylic oxidation sites excluding steroid dienone is 4. The third kappa shape index (κ3) is 148. The molecule has 0 aliphatic rings. The molecule has 0 saturated carbocycles. The van der Waals surface area contributed by atoms with Crippen LogP contribution in [0.5, 0.6) is 0 Å². The van der Waals surface area contributed by atoms with Crippen LogP contribution in [0.2, 0.25) is 0 Å². The van der Waals surface area contributed by atoms with Crippen LogP contribution in [0.25, 0.3) is 0 Å². The van der Waals surface area contributed by atoms with E-state index in [1.807, 2.05) is 0 Å². The van der Waals surface area contributed by atoms with Crippen molar-refractivity contribution >= 4 is 0 Å². The van der Waals surface area contributed by atoms with Crippen molar-refractivity contribution in [3.05, 3.63) is 37.1 Å². The predicted molar refractivity (Wildman–Crippen MR) is 152 cm³/mol. The zero-order chi connectivity index (χ0) is 26.3. The van der Waals surface area contributed by atoms with Gasteiger partial charge >= 0.3 is 0 Å². The largest absolute Gasteiger partial charge is 0.498 e. The molecule has 0 spiro atoms. The van der Waals surface area contributed by atoms with Crippen LogP contribution in [0.1, 0.15) is 124 Å². The Bertz CT molecular complexity index is 346. The van der Waals surface area contributed by atoms with E-state index in [1.165, 1.54) is 12.8 Å². The molecule has 0 aromatic heterocycles. The van der Waals surface area contributed by atoms with Crippen LogP contribution >= 0.6 is 0 Å². The fourth-order valence-electron chi connectivity index (χ4n) is 1.86. The standard InChI is InChI=1S/2C8H17.2C8H15.2W.10Y/c4*1-7(2)5-6-8(3)4;;;;;;;;;;;;/h2*5,7-8H,6H2,1-4H3;2*5,7-8H,1-4H3;;;;;;;;;;;;/q4*-1;;;;;;;;;;;;. The van der Waals surface area contributed by atoms with E-state index >= 15 is 0 Å². The fourth-order valence-corrected chi connectivity index (χ4v) is 1.86. The van der Waals surface area contributed by atoms with Crippen molar-refractivity contribution in [3.63, 3.8) is 0 Å². The summed E-state index contributed by atoms with van der Waals surface area (Å²) in [5.41, 5.74) is 0. The summed E-state index contributed by atoms with van der Waals surface area (Å²) in [5.74, 6) is 5.65. The average Bonchev–Trinajstić information content (AvgIpc) is 2.63. The summed E-state index contributed by atoms with van der Waals surface area (Å²) in [6.07, 6.45) is 17.9. The summed E-state index contributed by atoms with van der Waals surface area (Å²) >= 11 is 0. The van der Waals surface area contributed by atoms with E-state index in [0.29, 0.717) is 23.7 Å². The summed E-state index contributed by atoms with van der Waals surface area (Å²) < 4.78 is 0. The molecule has 0 nitrogen and oxygen atoms in total. The van der Waals surface area contributed by atoms with Crippen molar-refractivity contribution in [2.24, 2.45) is 47.3 Å². The SMILES string of the molecule is CC(C)[C-]=CC(C)C.CC(C)[C-]=CC(C)C.CC(C)[CH-]CC(C)C.CC(C)[CH-]CC(C)C.[W].[W].[Y].[Y].[Y].[Y].[Y].[Y].[Y].[Y].[Y].[Y]. The monoisotopic (exact) mass is 1710 g/mol. The summed E-state index contributed by atoms with van der Waals surface area (Å²) in [5, 5.41) is 0. The van der Waals surface area contributed by atoms with E-state index in [2.05, 4.69) is 148 Å². The molecular formula is C32H64W2Y10-4. The fraction of sp³-hybridized carbons (Fsp3) is 0.812. The Hall–Kier alpha value is 11.9. The number of hydrogen-bond acceptors (Lipinski definition) is 0. The van der Waals surface area contributed by atoms with Crippen LogP contribution in [0.4, 0.5) is 0 Å². The van der Waals surface area contributed by atoms with Crippen LogP contribution in [0, 0.1) is 72.3 Å². The summed E-state index contributed by atoms with van der Waals surface area (Å²) in [7, 11) is 0. The quantitative estimate of drug-likeness (QED) is 0.191. The van der Waals surface area contributed by atoms with Gasteiger partial charge < -0.3 is 25.0 Å². The maximum absolute atomic E-state index is 3.22. The van der Waals surface area contributed by atoms with Gasteiger partial charge in [0.15, 0.2) is 0 Å². The van der Waals surface area contributed by atoms with Gasteiger partial charge in [-0.3, -0.25) is 12.2 Å². The van der Waals surface area contributed by atoms with Gasteiger partial charge in [-0.15, -0.1) is 0 Å². The van der Waals surface area contributed by atoms with E-state index < -0.39 is 0 Å². The van der Waals surface area contributed by atoms with Crippen LogP contribution < -0.4 is 0 Å². The molecule has 12 heteroatoms. The molecule has 0 aromatic carbocycles. The zero-order valence-electron chi connectivity index (χ0n) is 31.9. The van der Waals surface area contributed by atoms with Crippen LogP contribution in [0.3, 0.4) is 0 Å². The Morgan fingerprint density at radius 3 is 0.614 bits per heavy atom. The zero-order valence-corrected chi connectivity index (χ0v) is 66.2. The molecule has 0 saturated heterocycles. The molecule has 44 heavy (non-hydrogen) atoms. The van der Waals surface area contributed by atoms with E-state index in [0.717, 1.165) is 23.7 Å². The van der Waals surface area contributed by atoms with Crippen molar-refractivity contribution in [1.29, 1.82) is 0 Å². The minimum absolute atomic E-state index is 0. The minimum Gasteiger partial charge on any atom is -0.498 e. The first-order valence-electron chi connectivity index (χ1n) is 13.4. The maximum Gasteiger partial charge on any atom is 0 e. The third-order valence-electron chi connectivity index (χ3n) is 3.68. The Morgan fingerprint density at radius 2 is 0.568 bits per heavy atom. The molecule has 0 bridgehead atoms. The molecule has 0 atom stereocenters. The second kappa shape index (κ2) is 82.8.